The zero-order valence-electron chi connectivity index (χ0n) is 22.4. The topological polar surface area (TPSA) is 114 Å². The third-order valence-corrected chi connectivity index (χ3v) is 7.07. The molecule has 2 aromatic heterocycles. The normalized spacial score (nSPS) is 10.8. The number of anilines is 1. The Bertz CT molecular complexity index is 1530. The van der Waals surface area contributed by atoms with E-state index in [0.29, 0.717) is 51.7 Å². The molecule has 0 unspecified atom stereocenters. The fraction of sp³-hybridized carbons (Fsp3) is 0.259. The lowest BCUT2D eigenvalue weighted by Gasteiger charge is -2.14. The van der Waals surface area contributed by atoms with E-state index in [-0.39, 0.29) is 22.9 Å². The summed E-state index contributed by atoms with van der Waals surface area (Å²) < 4.78 is 21.4. The number of carbonyl (C=O) groups is 1. The lowest BCUT2D eigenvalue weighted by Crippen LogP contribution is -2.23. The van der Waals surface area contributed by atoms with Gasteiger partial charge in [-0.05, 0) is 31.2 Å². The van der Waals surface area contributed by atoms with Crippen LogP contribution in [0.5, 0.6) is 17.2 Å². The summed E-state index contributed by atoms with van der Waals surface area (Å²) in [5.74, 6) is 1.65. The smallest absolute Gasteiger partial charge is 0.295 e. The van der Waals surface area contributed by atoms with Gasteiger partial charge in [-0.2, -0.15) is 0 Å². The number of rotatable bonds is 11. The van der Waals surface area contributed by atoms with Crippen molar-refractivity contribution in [1.82, 2.24) is 24.1 Å². The number of aromatic nitrogens is 5. The first-order valence-corrected chi connectivity index (χ1v) is 12.9. The van der Waals surface area contributed by atoms with Crippen molar-refractivity contribution in [3.63, 3.8) is 0 Å². The summed E-state index contributed by atoms with van der Waals surface area (Å²) in [6.07, 6.45) is 1.72. The first-order valence-electron chi connectivity index (χ1n) is 12.0. The summed E-state index contributed by atoms with van der Waals surface area (Å²) in [6.45, 7) is 6.03. The number of ether oxygens (including phenoxy) is 3. The van der Waals surface area contributed by atoms with Crippen LogP contribution in [-0.4, -0.2) is 57.1 Å². The van der Waals surface area contributed by atoms with E-state index in [0.717, 1.165) is 0 Å². The Hall–Kier alpha value is -4.45. The molecule has 12 heteroatoms. The van der Waals surface area contributed by atoms with Gasteiger partial charge in [0, 0.05) is 19.2 Å². The Morgan fingerprint density at radius 3 is 2.33 bits per heavy atom. The highest BCUT2D eigenvalue weighted by molar-refractivity contribution is 7.99. The molecule has 0 bridgehead atoms. The SMILES string of the molecule is C=CCn1c(SCC(=O)Nc2c(C)n(C)n(-c3ccccc3)c2=O)nnc1-c1cc(OC)c(OC)c(OC)c1. The molecule has 0 aliphatic heterocycles. The lowest BCUT2D eigenvalue weighted by molar-refractivity contribution is -0.113. The van der Waals surface area contributed by atoms with Gasteiger partial charge in [-0.3, -0.25) is 18.8 Å². The van der Waals surface area contributed by atoms with Gasteiger partial charge in [0.15, 0.2) is 22.5 Å². The molecule has 4 rings (SSSR count). The number of nitrogens with zero attached hydrogens (tertiary/aromatic N) is 5. The lowest BCUT2D eigenvalue weighted by atomic mass is 10.1. The number of methoxy groups -OCH3 is 3. The second-order valence-corrected chi connectivity index (χ2v) is 9.34. The number of para-hydroxylation sites is 1. The standard InChI is InChI=1S/C27H30N6O5S/c1-7-13-32-25(18-14-20(36-4)24(38-6)21(15-18)37-5)29-30-27(32)39-16-22(34)28-23-17(2)31(3)33(26(23)35)19-11-9-8-10-12-19/h7-12,14-15H,1,13,16H2,2-6H3,(H,28,34). The van der Waals surface area contributed by atoms with E-state index in [1.807, 2.05) is 34.9 Å². The van der Waals surface area contributed by atoms with E-state index in [1.165, 1.54) is 23.6 Å². The van der Waals surface area contributed by atoms with Crippen LogP contribution in [0.15, 0.2) is 65.1 Å². The van der Waals surface area contributed by atoms with Crippen molar-refractivity contribution in [1.29, 1.82) is 0 Å². The van der Waals surface area contributed by atoms with Crippen molar-refractivity contribution in [2.45, 2.75) is 18.6 Å². The molecule has 1 amide bonds. The Morgan fingerprint density at radius 1 is 1.08 bits per heavy atom. The summed E-state index contributed by atoms with van der Waals surface area (Å²) in [5, 5.41) is 11.9. The molecule has 0 saturated heterocycles. The fourth-order valence-electron chi connectivity index (χ4n) is 4.13. The van der Waals surface area contributed by atoms with E-state index < -0.39 is 0 Å². The Morgan fingerprint density at radius 2 is 1.74 bits per heavy atom. The third-order valence-electron chi connectivity index (χ3n) is 6.10. The Kier molecular flexibility index (Phi) is 8.45. The van der Waals surface area contributed by atoms with Crippen LogP contribution >= 0.6 is 11.8 Å². The van der Waals surface area contributed by atoms with Crippen LogP contribution in [0.4, 0.5) is 5.69 Å². The van der Waals surface area contributed by atoms with Gasteiger partial charge < -0.3 is 19.5 Å². The predicted octanol–water partition coefficient (Wildman–Crippen LogP) is 3.69. The van der Waals surface area contributed by atoms with Crippen molar-refractivity contribution in [2.75, 3.05) is 32.4 Å². The summed E-state index contributed by atoms with van der Waals surface area (Å²) in [5.41, 5.74) is 1.97. The number of amides is 1. The second kappa shape index (κ2) is 11.9. The van der Waals surface area contributed by atoms with E-state index in [4.69, 9.17) is 14.2 Å². The van der Waals surface area contributed by atoms with E-state index >= 15 is 0 Å². The second-order valence-electron chi connectivity index (χ2n) is 8.39. The zero-order valence-corrected chi connectivity index (χ0v) is 23.2. The van der Waals surface area contributed by atoms with Gasteiger partial charge in [-0.1, -0.05) is 36.0 Å². The third kappa shape index (κ3) is 5.41. The van der Waals surface area contributed by atoms with Crippen LogP contribution in [0.25, 0.3) is 17.1 Å². The first kappa shape index (κ1) is 27.6. The highest BCUT2D eigenvalue weighted by Crippen LogP contribution is 2.41. The quantitative estimate of drug-likeness (QED) is 0.222. The molecule has 1 N–H and O–H groups in total. The number of allylic oxidation sites excluding steroid dienone is 1. The molecule has 2 heterocycles. The molecule has 39 heavy (non-hydrogen) atoms. The van der Waals surface area contributed by atoms with Gasteiger partial charge in [-0.25, -0.2) is 4.68 Å². The fourth-order valence-corrected chi connectivity index (χ4v) is 4.88. The van der Waals surface area contributed by atoms with Crippen LogP contribution in [0.3, 0.4) is 0 Å². The van der Waals surface area contributed by atoms with Crippen molar-refractivity contribution in [3.05, 3.63) is 71.2 Å². The van der Waals surface area contributed by atoms with Gasteiger partial charge in [0.2, 0.25) is 11.7 Å². The molecular weight excluding hydrogens is 520 g/mol. The summed E-state index contributed by atoms with van der Waals surface area (Å²) in [6, 6.07) is 12.8. The van der Waals surface area contributed by atoms with Crippen LogP contribution in [0.2, 0.25) is 0 Å². The Balaban J connectivity index is 1.57. The van der Waals surface area contributed by atoms with Crippen LogP contribution in [0.1, 0.15) is 5.69 Å². The summed E-state index contributed by atoms with van der Waals surface area (Å²) in [4.78, 5) is 26.0. The molecule has 2 aromatic carbocycles. The average molecular weight is 551 g/mol. The molecule has 4 aromatic rings. The minimum Gasteiger partial charge on any atom is -0.493 e. The number of hydrogen-bond acceptors (Lipinski definition) is 8. The molecule has 0 fully saturated rings. The van der Waals surface area contributed by atoms with Crippen molar-refractivity contribution >= 4 is 23.4 Å². The maximum atomic E-state index is 13.1. The van der Waals surface area contributed by atoms with Gasteiger partial charge in [0.05, 0.1) is 38.5 Å². The Labute approximate surface area is 230 Å². The van der Waals surface area contributed by atoms with Gasteiger partial charge in [0.25, 0.3) is 5.56 Å². The minimum absolute atomic E-state index is 0.0175. The van der Waals surface area contributed by atoms with Crippen molar-refractivity contribution < 1.29 is 19.0 Å². The van der Waals surface area contributed by atoms with Gasteiger partial charge in [0.1, 0.15) is 5.69 Å². The number of hydrogen-bond donors (Lipinski definition) is 1. The maximum Gasteiger partial charge on any atom is 0.295 e. The van der Waals surface area contributed by atoms with Crippen molar-refractivity contribution in [2.24, 2.45) is 7.05 Å². The minimum atomic E-state index is -0.339. The maximum absolute atomic E-state index is 13.1. The molecule has 0 atom stereocenters. The molecule has 11 nitrogen and oxygen atoms in total. The summed E-state index contributed by atoms with van der Waals surface area (Å²) >= 11 is 1.20. The largest absolute Gasteiger partial charge is 0.493 e. The van der Waals surface area contributed by atoms with Crippen molar-refractivity contribution in [3.8, 4) is 34.3 Å². The molecule has 0 aliphatic carbocycles. The number of nitrogens with one attached hydrogen (secondary N) is 1. The average Bonchev–Trinajstić information content (AvgIpc) is 3.45. The van der Waals surface area contributed by atoms with Gasteiger partial charge in [-0.15, -0.1) is 16.8 Å². The monoisotopic (exact) mass is 550 g/mol. The van der Waals surface area contributed by atoms with Gasteiger partial charge >= 0.3 is 0 Å². The van der Waals surface area contributed by atoms with E-state index in [2.05, 4.69) is 22.1 Å². The van der Waals surface area contributed by atoms with Crippen LogP contribution in [-0.2, 0) is 18.4 Å². The number of benzene rings is 2. The molecule has 0 saturated carbocycles. The van der Waals surface area contributed by atoms with Crippen LogP contribution in [0, 0.1) is 6.92 Å². The molecular formula is C27H30N6O5S. The number of carbonyl (C=O) groups excluding carboxylic acids is 1. The van der Waals surface area contributed by atoms with E-state index in [9.17, 15) is 9.59 Å². The first-order chi connectivity index (χ1) is 18.8. The van der Waals surface area contributed by atoms with Crippen LogP contribution < -0.4 is 25.1 Å². The predicted molar refractivity (Wildman–Crippen MR) is 150 cm³/mol. The highest BCUT2D eigenvalue weighted by Gasteiger charge is 2.21. The molecule has 0 spiro atoms. The molecule has 0 radical (unpaired) electrons. The van der Waals surface area contributed by atoms with E-state index in [1.54, 1.807) is 51.1 Å². The highest BCUT2D eigenvalue weighted by atomic mass is 32.2. The zero-order chi connectivity index (χ0) is 28.1. The molecule has 204 valence electrons. The number of thioether (sulfide) groups is 1. The summed E-state index contributed by atoms with van der Waals surface area (Å²) in [7, 11) is 6.39. The molecule has 0 aliphatic rings.